The molecule has 0 saturated heterocycles. The van der Waals surface area contributed by atoms with Gasteiger partial charge >= 0.3 is 0 Å². The van der Waals surface area contributed by atoms with Crippen molar-refractivity contribution >= 4 is 0 Å². The molecule has 0 rings (SSSR count). The predicted molar refractivity (Wildman–Crippen MR) is 127 cm³/mol. The highest BCUT2D eigenvalue weighted by molar-refractivity contribution is 5.25. The molecule has 0 spiro atoms. The second kappa shape index (κ2) is 20.8. The molecule has 0 heterocycles. The van der Waals surface area contributed by atoms with Crippen LogP contribution in [0.1, 0.15) is 122 Å². The zero-order chi connectivity index (χ0) is 20.8. The molecule has 0 unspecified atom stereocenters. The Morgan fingerprint density at radius 2 is 0.821 bits per heavy atom. The lowest BCUT2D eigenvalue weighted by atomic mass is 10.1. The Hall–Kier alpha value is -0.920. The minimum Gasteiger partial charge on any atom is -0.331 e. The Morgan fingerprint density at radius 1 is 0.464 bits per heavy atom. The second-order valence-electron chi connectivity index (χ2n) is 9.42. The maximum atomic E-state index is 3.22. The van der Waals surface area contributed by atoms with Crippen LogP contribution in [0, 0.1) is 23.7 Å². The molecule has 0 amide bonds. The monoisotopic (exact) mass is 388 g/mol. The zero-order valence-corrected chi connectivity index (χ0v) is 19.9. The number of nitrogens with zero attached hydrogens (tertiary/aromatic N) is 1. The highest BCUT2D eigenvalue weighted by Gasteiger charge is 2.04. The predicted octanol–water partition coefficient (Wildman–Crippen LogP) is 7.74. The standard InChI is InChI=1S/C27H50N/c1-5-6-7-8-9-10-11-12-13-14-15-16-17-18-19-20-21-22-23-24-25-26-27-28(2,3)4/h5-13,18-27H2,1-4H3/q+1. The molecule has 0 aromatic carbocycles. The molecule has 0 aliphatic rings. The summed E-state index contributed by atoms with van der Waals surface area (Å²) in [5.41, 5.74) is 0. The Morgan fingerprint density at radius 3 is 1.21 bits per heavy atom. The zero-order valence-electron chi connectivity index (χ0n) is 19.9. The molecule has 1 heteroatoms. The average Bonchev–Trinajstić information content (AvgIpc) is 2.65. The van der Waals surface area contributed by atoms with E-state index in [1.165, 1.54) is 109 Å². The van der Waals surface area contributed by atoms with Crippen molar-refractivity contribution in [3.05, 3.63) is 0 Å². The van der Waals surface area contributed by atoms with Crippen molar-refractivity contribution in [2.24, 2.45) is 0 Å². The molecule has 28 heavy (non-hydrogen) atoms. The maximum absolute atomic E-state index is 3.22. The van der Waals surface area contributed by atoms with Gasteiger partial charge in [-0.1, -0.05) is 95.8 Å². The van der Waals surface area contributed by atoms with Crippen molar-refractivity contribution in [2.75, 3.05) is 27.7 Å². The van der Waals surface area contributed by atoms with E-state index in [1.54, 1.807) is 0 Å². The average molecular weight is 389 g/mol. The van der Waals surface area contributed by atoms with Crippen molar-refractivity contribution < 1.29 is 4.48 Å². The fourth-order valence-electron chi connectivity index (χ4n) is 3.42. The molecule has 162 valence electrons. The van der Waals surface area contributed by atoms with Crippen LogP contribution in [0.3, 0.4) is 0 Å². The van der Waals surface area contributed by atoms with E-state index >= 15 is 0 Å². The van der Waals surface area contributed by atoms with Crippen LogP contribution in [0.15, 0.2) is 0 Å². The van der Waals surface area contributed by atoms with Gasteiger partial charge in [-0.3, -0.25) is 0 Å². The first-order valence-corrected chi connectivity index (χ1v) is 12.3. The van der Waals surface area contributed by atoms with Gasteiger partial charge in [0, 0.05) is 12.8 Å². The normalized spacial score (nSPS) is 10.9. The van der Waals surface area contributed by atoms with Crippen LogP contribution in [0.4, 0.5) is 0 Å². The molecule has 0 radical (unpaired) electrons. The number of hydrogen-bond donors (Lipinski definition) is 0. The smallest absolute Gasteiger partial charge is 0.0780 e. The largest absolute Gasteiger partial charge is 0.331 e. The molecule has 0 atom stereocenters. The van der Waals surface area contributed by atoms with Crippen molar-refractivity contribution in [2.45, 2.75) is 122 Å². The summed E-state index contributed by atoms with van der Waals surface area (Å²) < 4.78 is 1.10. The Balaban J connectivity index is 3.27. The van der Waals surface area contributed by atoms with Gasteiger partial charge in [-0.2, -0.15) is 0 Å². The minimum absolute atomic E-state index is 1.02. The SMILES string of the molecule is CCCCCCCCCCC#CC#CCCCCCCCCCC[N+](C)(C)C. The van der Waals surface area contributed by atoms with Gasteiger partial charge in [-0.25, -0.2) is 0 Å². The number of unbranched alkanes of at least 4 members (excludes halogenated alkanes) is 16. The summed E-state index contributed by atoms with van der Waals surface area (Å²) in [6.45, 7) is 3.58. The van der Waals surface area contributed by atoms with Crippen LogP contribution < -0.4 is 0 Å². The van der Waals surface area contributed by atoms with Gasteiger partial charge in [-0.15, -0.1) is 0 Å². The van der Waals surface area contributed by atoms with Crippen LogP contribution in [0.2, 0.25) is 0 Å². The minimum atomic E-state index is 1.02. The fourth-order valence-corrected chi connectivity index (χ4v) is 3.42. The van der Waals surface area contributed by atoms with E-state index in [0.717, 1.165) is 17.3 Å². The van der Waals surface area contributed by atoms with Gasteiger partial charge in [0.2, 0.25) is 0 Å². The number of hydrogen-bond acceptors (Lipinski definition) is 0. The lowest BCUT2D eigenvalue weighted by molar-refractivity contribution is -0.870. The third kappa shape index (κ3) is 25.1. The van der Waals surface area contributed by atoms with Crippen LogP contribution >= 0.6 is 0 Å². The quantitative estimate of drug-likeness (QED) is 0.128. The van der Waals surface area contributed by atoms with Gasteiger partial charge in [0.15, 0.2) is 0 Å². The van der Waals surface area contributed by atoms with Crippen LogP contribution in [0.5, 0.6) is 0 Å². The van der Waals surface area contributed by atoms with E-state index in [1.807, 2.05) is 0 Å². The molecule has 0 aliphatic heterocycles. The molecule has 0 bridgehead atoms. The first-order chi connectivity index (χ1) is 13.6. The molecule has 0 saturated carbocycles. The van der Waals surface area contributed by atoms with E-state index < -0.39 is 0 Å². The summed E-state index contributed by atoms with van der Waals surface area (Å²) in [4.78, 5) is 0. The number of rotatable bonds is 18. The highest BCUT2D eigenvalue weighted by Crippen LogP contribution is 2.10. The molecule has 0 N–H and O–H groups in total. The Labute approximate surface area is 178 Å². The summed E-state index contributed by atoms with van der Waals surface area (Å²) in [6, 6.07) is 0. The van der Waals surface area contributed by atoms with E-state index in [0.29, 0.717) is 0 Å². The maximum Gasteiger partial charge on any atom is 0.0780 e. The molecular weight excluding hydrogens is 338 g/mol. The van der Waals surface area contributed by atoms with Gasteiger partial charge in [-0.05, 0) is 37.5 Å². The molecule has 0 aromatic heterocycles. The molecule has 1 nitrogen and oxygen atoms in total. The number of quaternary nitrogens is 1. The second-order valence-corrected chi connectivity index (χ2v) is 9.42. The Bertz CT molecular complexity index is 435. The topological polar surface area (TPSA) is 0 Å². The van der Waals surface area contributed by atoms with Gasteiger partial charge in [0.1, 0.15) is 0 Å². The van der Waals surface area contributed by atoms with Crippen molar-refractivity contribution in [1.82, 2.24) is 0 Å². The molecule has 0 aliphatic carbocycles. The third-order valence-corrected chi connectivity index (χ3v) is 5.28. The van der Waals surface area contributed by atoms with E-state index in [4.69, 9.17) is 0 Å². The summed E-state index contributed by atoms with van der Waals surface area (Å²) in [7, 11) is 6.85. The first-order valence-electron chi connectivity index (χ1n) is 12.3. The van der Waals surface area contributed by atoms with Gasteiger partial charge in [0.05, 0.1) is 27.7 Å². The van der Waals surface area contributed by atoms with E-state index in [9.17, 15) is 0 Å². The van der Waals surface area contributed by atoms with Crippen LogP contribution in [-0.2, 0) is 0 Å². The van der Waals surface area contributed by atoms with Crippen LogP contribution in [0.25, 0.3) is 0 Å². The molecule has 0 aromatic rings. The summed E-state index contributed by atoms with van der Waals surface area (Å²) in [5, 5.41) is 0. The Kier molecular flexibility index (Phi) is 20.1. The summed E-state index contributed by atoms with van der Waals surface area (Å²) in [5.74, 6) is 12.5. The first kappa shape index (κ1) is 27.1. The summed E-state index contributed by atoms with van der Waals surface area (Å²) >= 11 is 0. The lowest BCUT2D eigenvalue weighted by Gasteiger charge is -2.23. The summed E-state index contributed by atoms with van der Waals surface area (Å²) in [6.07, 6.45) is 24.0. The van der Waals surface area contributed by atoms with Gasteiger partial charge < -0.3 is 4.48 Å². The third-order valence-electron chi connectivity index (χ3n) is 5.28. The van der Waals surface area contributed by atoms with Crippen LogP contribution in [-0.4, -0.2) is 32.2 Å². The van der Waals surface area contributed by atoms with E-state index in [2.05, 4.69) is 51.7 Å². The van der Waals surface area contributed by atoms with E-state index in [-0.39, 0.29) is 0 Å². The van der Waals surface area contributed by atoms with Crippen molar-refractivity contribution in [3.63, 3.8) is 0 Å². The van der Waals surface area contributed by atoms with Crippen molar-refractivity contribution in [3.8, 4) is 23.7 Å². The molecule has 0 fully saturated rings. The highest BCUT2D eigenvalue weighted by atomic mass is 15.3. The fraction of sp³-hybridized carbons (Fsp3) is 0.852. The lowest BCUT2D eigenvalue weighted by Crippen LogP contribution is -2.35. The molecular formula is C27H50N+. The van der Waals surface area contributed by atoms with Gasteiger partial charge in [0.25, 0.3) is 0 Å². The van der Waals surface area contributed by atoms with Crippen molar-refractivity contribution in [1.29, 1.82) is 0 Å².